The Hall–Kier alpha value is -0.770. The molecule has 0 aromatic heterocycles. The second-order valence-corrected chi connectivity index (χ2v) is 4.32. The number of aliphatic imine (C=N–C) groups is 1. The van der Waals surface area contributed by atoms with Crippen molar-refractivity contribution in [3.8, 4) is 0 Å². The fraction of sp³-hybridized carbons (Fsp3) is 0.909. The molecule has 0 saturated heterocycles. The zero-order valence-corrected chi connectivity index (χ0v) is 10.1. The Kier molecular flexibility index (Phi) is 4.88. The summed E-state index contributed by atoms with van der Waals surface area (Å²) >= 11 is 0. The number of hydrazine groups is 1. The first-order valence-corrected chi connectivity index (χ1v) is 6.00. The van der Waals surface area contributed by atoms with E-state index >= 15 is 0 Å². The molecule has 0 aromatic rings. The molecule has 3 unspecified atom stereocenters. The van der Waals surface area contributed by atoms with Gasteiger partial charge in [0.25, 0.3) is 0 Å². The molecule has 0 amide bonds. The molecule has 15 heavy (non-hydrogen) atoms. The normalized spacial score (nSPS) is 31.7. The highest BCUT2D eigenvalue weighted by Gasteiger charge is 2.31. The van der Waals surface area contributed by atoms with Crippen LogP contribution in [-0.4, -0.2) is 18.5 Å². The maximum Gasteiger partial charge on any atom is 0.205 e. The lowest BCUT2D eigenvalue weighted by atomic mass is 9.93. The van der Waals surface area contributed by atoms with E-state index in [0.29, 0.717) is 12.0 Å². The van der Waals surface area contributed by atoms with Gasteiger partial charge in [-0.1, -0.05) is 20.3 Å². The summed E-state index contributed by atoms with van der Waals surface area (Å²) in [6.07, 6.45) is 3.82. The number of guanidine groups is 1. The summed E-state index contributed by atoms with van der Waals surface area (Å²) in [5, 5.41) is 3.39. The second-order valence-electron chi connectivity index (χ2n) is 4.32. The van der Waals surface area contributed by atoms with E-state index in [9.17, 15) is 0 Å². The number of hydrogen-bond donors (Lipinski definition) is 3. The smallest absolute Gasteiger partial charge is 0.205 e. The van der Waals surface area contributed by atoms with Gasteiger partial charge in [-0.25, -0.2) is 5.84 Å². The molecule has 0 aliphatic heterocycles. The molecule has 0 heterocycles. The van der Waals surface area contributed by atoms with Gasteiger partial charge in [-0.15, -0.1) is 0 Å². The molecule has 1 saturated carbocycles. The standard InChI is InChI=1S/C11H24N4/c1-4-9-6-7-10(8(9)3)14-11(15-12)13-5-2/h8-10H,4-7,12H2,1-3H3,(H2,13,14,15). The van der Waals surface area contributed by atoms with Crippen LogP contribution in [-0.2, 0) is 0 Å². The molecule has 1 rings (SSSR count). The monoisotopic (exact) mass is 212 g/mol. The van der Waals surface area contributed by atoms with E-state index in [-0.39, 0.29) is 0 Å². The summed E-state index contributed by atoms with van der Waals surface area (Å²) in [7, 11) is 0. The summed E-state index contributed by atoms with van der Waals surface area (Å²) < 4.78 is 0. The van der Waals surface area contributed by atoms with Crippen molar-refractivity contribution in [2.45, 2.75) is 46.1 Å². The molecule has 0 aromatic carbocycles. The minimum Gasteiger partial charge on any atom is -0.352 e. The quantitative estimate of drug-likeness (QED) is 0.285. The summed E-state index contributed by atoms with van der Waals surface area (Å²) in [6, 6.07) is 0.524. The van der Waals surface area contributed by atoms with Crippen molar-refractivity contribution in [3.63, 3.8) is 0 Å². The first-order chi connectivity index (χ1) is 7.22. The van der Waals surface area contributed by atoms with Crippen molar-refractivity contribution in [2.75, 3.05) is 6.54 Å². The molecular formula is C11H24N4. The van der Waals surface area contributed by atoms with Crippen LogP contribution in [0, 0.1) is 11.8 Å². The summed E-state index contributed by atoms with van der Waals surface area (Å²) in [6.45, 7) is 7.35. The molecular weight excluding hydrogens is 188 g/mol. The number of rotatable bonds is 3. The average Bonchev–Trinajstić information content (AvgIpc) is 2.59. The first-order valence-electron chi connectivity index (χ1n) is 6.00. The molecule has 0 spiro atoms. The SMILES string of the molecule is CCN=C(NN)NC1CCC(CC)C1C. The summed E-state index contributed by atoms with van der Waals surface area (Å²) in [4.78, 5) is 4.26. The Morgan fingerprint density at radius 1 is 1.40 bits per heavy atom. The van der Waals surface area contributed by atoms with Gasteiger partial charge in [0.15, 0.2) is 0 Å². The predicted octanol–water partition coefficient (Wildman–Crippen LogP) is 1.24. The largest absolute Gasteiger partial charge is 0.352 e. The van der Waals surface area contributed by atoms with Crippen LogP contribution in [0.2, 0.25) is 0 Å². The lowest BCUT2D eigenvalue weighted by Gasteiger charge is -2.22. The zero-order valence-electron chi connectivity index (χ0n) is 10.1. The van der Waals surface area contributed by atoms with Gasteiger partial charge in [-0.05, 0) is 31.6 Å². The van der Waals surface area contributed by atoms with Crippen molar-refractivity contribution < 1.29 is 0 Å². The Labute approximate surface area is 92.7 Å². The molecule has 0 bridgehead atoms. The van der Waals surface area contributed by atoms with E-state index in [1.807, 2.05) is 6.92 Å². The molecule has 3 atom stereocenters. The molecule has 1 aliphatic rings. The maximum atomic E-state index is 5.41. The Morgan fingerprint density at radius 2 is 2.13 bits per heavy atom. The summed E-state index contributed by atoms with van der Waals surface area (Å²) in [5.74, 6) is 7.70. The first kappa shape index (κ1) is 12.3. The van der Waals surface area contributed by atoms with Crippen LogP contribution in [0.25, 0.3) is 0 Å². The molecule has 1 fully saturated rings. The maximum absolute atomic E-state index is 5.41. The predicted molar refractivity (Wildman–Crippen MR) is 64.4 cm³/mol. The average molecular weight is 212 g/mol. The minimum atomic E-state index is 0.524. The van der Waals surface area contributed by atoms with Crippen LogP contribution in [0.3, 0.4) is 0 Å². The molecule has 0 radical (unpaired) electrons. The van der Waals surface area contributed by atoms with Gasteiger partial charge in [0.1, 0.15) is 0 Å². The highest BCUT2D eigenvalue weighted by atomic mass is 15.3. The van der Waals surface area contributed by atoms with E-state index in [2.05, 4.69) is 29.6 Å². The Balaban J connectivity index is 2.48. The lowest BCUT2D eigenvalue weighted by Crippen LogP contribution is -2.47. The van der Waals surface area contributed by atoms with Crippen LogP contribution in [0.15, 0.2) is 4.99 Å². The summed E-state index contributed by atoms with van der Waals surface area (Å²) in [5.41, 5.74) is 2.62. The molecule has 4 nitrogen and oxygen atoms in total. The van der Waals surface area contributed by atoms with Gasteiger partial charge in [0.05, 0.1) is 0 Å². The molecule has 4 heteroatoms. The van der Waals surface area contributed by atoms with Gasteiger partial charge in [-0.2, -0.15) is 0 Å². The number of hydrogen-bond acceptors (Lipinski definition) is 2. The van der Waals surface area contributed by atoms with Crippen LogP contribution in [0.5, 0.6) is 0 Å². The number of nitrogens with two attached hydrogens (primary N) is 1. The Morgan fingerprint density at radius 3 is 2.60 bits per heavy atom. The lowest BCUT2D eigenvalue weighted by molar-refractivity contribution is 0.366. The third-order valence-corrected chi connectivity index (χ3v) is 3.53. The van der Waals surface area contributed by atoms with Crippen LogP contribution in [0.1, 0.15) is 40.0 Å². The van der Waals surface area contributed by atoms with E-state index in [1.165, 1.54) is 19.3 Å². The molecule has 1 aliphatic carbocycles. The van der Waals surface area contributed by atoms with Crippen LogP contribution < -0.4 is 16.6 Å². The molecule has 88 valence electrons. The molecule has 4 N–H and O–H groups in total. The fourth-order valence-electron chi connectivity index (χ4n) is 2.49. The van der Waals surface area contributed by atoms with Crippen molar-refractivity contribution >= 4 is 5.96 Å². The van der Waals surface area contributed by atoms with Crippen molar-refractivity contribution in [3.05, 3.63) is 0 Å². The minimum absolute atomic E-state index is 0.524. The van der Waals surface area contributed by atoms with Gasteiger partial charge in [-0.3, -0.25) is 10.4 Å². The van der Waals surface area contributed by atoms with Crippen LogP contribution in [0.4, 0.5) is 0 Å². The van der Waals surface area contributed by atoms with Gasteiger partial charge in [0, 0.05) is 12.6 Å². The van der Waals surface area contributed by atoms with Gasteiger partial charge < -0.3 is 5.32 Å². The number of nitrogens with zero attached hydrogens (tertiary/aromatic N) is 1. The van der Waals surface area contributed by atoms with Crippen molar-refractivity contribution in [1.82, 2.24) is 10.7 Å². The van der Waals surface area contributed by atoms with Crippen molar-refractivity contribution in [1.29, 1.82) is 0 Å². The Bertz CT molecular complexity index is 215. The zero-order chi connectivity index (χ0) is 11.3. The van der Waals surface area contributed by atoms with E-state index < -0.39 is 0 Å². The highest BCUT2D eigenvalue weighted by molar-refractivity contribution is 5.79. The third kappa shape index (κ3) is 3.09. The van der Waals surface area contributed by atoms with Crippen LogP contribution >= 0.6 is 0 Å². The van der Waals surface area contributed by atoms with E-state index in [0.717, 1.165) is 18.4 Å². The van der Waals surface area contributed by atoms with Crippen molar-refractivity contribution in [2.24, 2.45) is 22.7 Å². The van der Waals surface area contributed by atoms with Gasteiger partial charge in [0.2, 0.25) is 5.96 Å². The van der Waals surface area contributed by atoms with Gasteiger partial charge >= 0.3 is 0 Å². The highest BCUT2D eigenvalue weighted by Crippen LogP contribution is 2.33. The number of nitrogens with one attached hydrogen (secondary N) is 2. The fourth-order valence-corrected chi connectivity index (χ4v) is 2.49. The topological polar surface area (TPSA) is 62.4 Å². The third-order valence-electron chi connectivity index (χ3n) is 3.53. The van der Waals surface area contributed by atoms with E-state index in [1.54, 1.807) is 0 Å². The van der Waals surface area contributed by atoms with E-state index in [4.69, 9.17) is 5.84 Å². The second kappa shape index (κ2) is 5.95.